The molecule has 20 heavy (non-hydrogen) atoms. The molecule has 2 N–H and O–H groups in total. The van der Waals surface area contributed by atoms with Gasteiger partial charge in [0.15, 0.2) is 0 Å². The number of hydrogen-bond donors (Lipinski definition) is 2. The third kappa shape index (κ3) is 4.39. The normalized spacial score (nSPS) is 19.6. The molecule has 1 aliphatic rings. The molecule has 0 fully saturated rings. The molecule has 0 unspecified atom stereocenters. The predicted octanol–water partition coefficient (Wildman–Crippen LogP) is 1.66. The van der Waals surface area contributed by atoms with Crippen LogP contribution in [0, 0.1) is 16.7 Å². The van der Waals surface area contributed by atoms with Crippen LogP contribution >= 0.6 is 0 Å². The van der Waals surface area contributed by atoms with E-state index in [-0.39, 0.29) is 24.2 Å². The lowest BCUT2D eigenvalue weighted by Gasteiger charge is -2.32. The van der Waals surface area contributed by atoms with Crippen LogP contribution < -0.4 is 5.32 Å². The fourth-order valence-corrected chi connectivity index (χ4v) is 2.35. The average molecular weight is 278 g/mol. The van der Waals surface area contributed by atoms with Crippen LogP contribution in [0.5, 0.6) is 0 Å². The van der Waals surface area contributed by atoms with Gasteiger partial charge in [0, 0.05) is 12.2 Å². The Morgan fingerprint density at radius 3 is 2.80 bits per heavy atom. The molecule has 0 saturated carbocycles. The predicted molar refractivity (Wildman–Crippen MR) is 75.5 cm³/mol. The number of esters is 1. The molecule has 1 aliphatic carbocycles. The number of nitrogens with zero attached hydrogens (tertiary/aromatic N) is 1. The number of aliphatic hydroxyl groups is 1. The fraction of sp³-hybridized carbons (Fsp3) is 0.600. The van der Waals surface area contributed by atoms with Crippen LogP contribution in [0.2, 0.25) is 0 Å². The summed E-state index contributed by atoms with van der Waals surface area (Å²) in [5, 5.41) is 21.2. The van der Waals surface area contributed by atoms with Gasteiger partial charge in [-0.25, -0.2) is 4.79 Å². The molecule has 0 radical (unpaired) electrons. The van der Waals surface area contributed by atoms with E-state index < -0.39 is 5.97 Å². The zero-order valence-electron chi connectivity index (χ0n) is 12.3. The molecule has 0 atom stereocenters. The SMILES string of the molecule is CCOC(=O)/C(C#N)=C1\C=C(NCCO)CC(C)(C)C1. The number of hydrogen-bond acceptors (Lipinski definition) is 5. The van der Waals surface area contributed by atoms with Crippen LogP contribution in [0.15, 0.2) is 22.9 Å². The van der Waals surface area contributed by atoms with Gasteiger partial charge in [0.2, 0.25) is 0 Å². The van der Waals surface area contributed by atoms with E-state index in [1.165, 1.54) is 0 Å². The largest absolute Gasteiger partial charge is 0.462 e. The minimum atomic E-state index is -0.569. The molecule has 1 rings (SSSR count). The van der Waals surface area contributed by atoms with E-state index in [1.54, 1.807) is 6.92 Å². The number of ether oxygens (including phenoxy) is 1. The lowest BCUT2D eigenvalue weighted by atomic mass is 9.76. The summed E-state index contributed by atoms with van der Waals surface area (Å²) in [4.78, 5) is 11.8. The van der Waals surface area contributed by atoms with E-state index in [4.69, 9.17) is 9.84 Å². The lowest BCUT2D eigenvalue weighted by Crippen LogP contribution is -2.27. The standard InChI is InChI=1S/C15H22N2O3/c1-4-20-14(19)13(10-16)11-7-12(17-5-6-18)9-15(2,3)8-11/h7,17-18H,4-6,8-9H2,1-3H3/b13-11+. The van der Waals surface area contributed by atoms with Crippen LogP contribution in [0.4, 0.5) is 0 Å². The minimum Gasteiger partial charge on any atom is -0.462 e. The molecule has 0 aromatic heterocycles. The Hall–Kier alpha value is -1.80. The number of nitriles is 1. The van der Waals surface area contributed by atoms with Crippen molar-refractivity contribution in [1.82, 2.24) is 5.32 Å². The van der Waals surface area contributed by atoms with Crippen molar-refractivity contribution in [1.29, 1.82) is 5.26 Å². The quantitative estimate of drug-likeness (QED) is 0.454. The molecule has 5 nitrogen and oxygen atoms in total. The first-order valence-corrected chi connectivity index (χ1v) is 6.79. The Kier molecular flexibility index (Phi) is 5.78. The van der Waals surface area contributed by atoms with E-state index >= 15 is 0 Å². The molecular weight excluding hydrogens is 256 g/mol. The van der Waals surface area contributed by atoms with E-state index in [0.29, 0.717) is 18.5 Å². The zero-order valence-corrected chi connectivity index (χ0v) is 12.3. The summed E-state index contributed by atoms with van der Waals surface area (Å²) >= 11 is 0. The molecule has 110 valence electrons. The van der Waals surface area contributed by atoms with Crippen molar-refractivity contribution in [2.45, 2.75) is 33.6 Å². The Bertz CT molecular complexity index is 470. The zero-order chi connectivity index (χ0) is 15.2. The van der Waals surface area contributed by atoms with Gasteiger partial charge >= 0.3 is 5.97 Å². The topological polar surface area (TPSA) is 82.4 Å². The second-order valence-electron chi connectivity index (χ2n) is 5.57. The highest BCUT2D eigenvalue weighted by Crippen LogP contribution is 2.38. The van der Waals surface area contributed by atoms with Crippen LogP contribution in [0.3, 0.4) is 0 Å². The summed E-state index contributed by atoms with van der Waals surface area (Å²) < 4.78 is 4.92. The first kappa shape index (κ1) is 16.3. The molecule has 0 aromatic carbocycles. The highest BCUT2D eigenvalue weighted by Gasteiger charge is 2.29. The molecule has 0 heterocycles. The van der Waals surface area contributed by atoms with Crippen molar-refractivity contribution in [3.05, 3.63) is 22.9 Å². The average Bonchev–Trinajstić information content (AvgIpc) is 2.35. The van der Waals surface area contributed by atoms with E-state index in [9.17, 15) is 10.1 Å². The fourth-order valence-electron chi connectivity index (χ4n) is 2.35. The number of nitrogens with one attached hydrogen (secondary N) is 1. The van der Waals surface area contributed by atoms with Crippen molar-refractivity contribution in [2.24, 2.45) is 5.41 Å². The van der Waals surface area contributed by atoms with Crippen LogP contribution in [-0.4, -0.2) is 30.8 Å². The van der Waals surface area contributed by atoms with Crippen molar-refractivity contribution in [2.75, 3.05) is 19.8 Å². The molecule has 5 heteroatoms. The van der Waals surface area contributed by atoms with Gasteiger partial charge in [0.05, 0.1) is 13.2 Å². The van der Waals surface area contributed by atoms with Crippen molar-refractivity contribution < 1.29 is 14.6 Å². The molecule has 0 aliphatic heterocycles. The first-order valence-electron chi connectivity index (χ1n) is 6.79. The first-order chi connectivity index (χ1) is 9.43. The monoisotopic (exact) mass is 278 g/mol. The summed E-state index contributed by atoms with van der Waals surface area (Å²) in [6, 6.07) is 1.95. The molecule has 0 spiro atoms. The van der Waals surface area contributed by atoms with Gasteiger partial charge < -0.3 is 15.2 Å². The number of carbonyl (C=O) groups excluding carboxylic acids is 1. The lowest BCUT2D eigenvalue weighted by molar-refractivity contribution is -0.138. The second-order valence-corrected chi connectivity index (χ2v) is 5.57. The van der Waals surface area contributed by atoms with Crippen molar-refractivity contribution in [3.63, 3.8) is 0 Å². The van der Waals surface area contributed by atoms with Crippen molar-refractivity contribution >= 4 is 5.97 Å². The van der Waals surface area contributed by atoms with E-state index in [2.05, 4.69) is 19.2 Å². The Balaban J connectivity index is 3.11. The molecule has 0 aromatic rings. The van der Waals surface area contributed by atoms with Gasteiger partial charge in [0.1, 0.15) is 11.6 Å². The van der Waals surface area contributed by atoms with Crippen molar-refractivity contribution in [3.8, 4) is 6.07 Å². The highest BCUT2D eigenvalue weighted by molar-refractivity contribution is 5.94. The molecule has 0 amide bonds. The van der Waals surface area contributed by atoms with Gasteiger partial charge in [-0.1, -0.05) is 13.8 Å². The minimum absolute atomic E-state index is 0.0415. The smallest absolute Gasteiger partial charge is 0.349 e. The highest BCUT2D eigenvalue weighted by atomic mass is 16.5. The summed E-state index contributed by atoms with van der Waals surface area (Å²) in [6.07, 6.45) is 3.30. The van der Waals surface area contributed by atoms with Gasteiger partial charge in [-0.15, -0.1) is 0 Å². The molecular formula is C15H22N2O3. The summed E-state index contributed by atoms with van der Waals surface area (Å²) in [5.74, 6) is -0.569. The summed E-state index contributed by atoms with van der Waals surface area (Å²) in [5.41, 5.74) is 1.66. The van der Waals surface area contributed by atoms with E-state index in [1.807, 2.05) is 12.1 Å². The third-order valence-electron chi connectivity index (χ3n) is 3.06. The Morgan fingerprint density at radius 1 is 1.55 bits per heavy atom. The Labute approximate surface area is 119 Å². The summed E-state index contributed by atoms with van der Waals surface area (Å²) in [6.45, 7) is 6.63. The maximum Gasteiger partial charge on any atom is 0.349 e. The molecule has 0 saturated heterocycles. The number of rotatable bonds is 5. The van der Waals surface area contributed by atoms with Crippen LogP contribution in [-0.2, 0) is 9.53 Å². The molecule has 0 bridgehead atoms. The van der Waals surface area contributed by atoms with Gasteiger partial charge in [-0.05, 0) is 36.8 Å². The number of aliphatic hydroxyl groups excluding tert-OH is 1. The van der Waals surface area contributed by atoms with Gasteiger partial charge in [0.25, 0.3) is 0 Å². The summed E-state index contributed by atoms with van der Waals surface area (Å²) in [7, 11) is 0. The maximum atomic E-state index is 11.8. The maximum absolute atomic E-state index is 11.8. The Morgan fingerprint density at radius 2 is 2.25 bits per heavy atom. The third-order valence-corrected chi connectivity index (χ3v) is 3.06. The second kappa shape index (κ2) is 7.11. The van der Waals surface area contributed by atoms with Gasteiger partial charge in [-0.3, -0.25) is 0 Å². The van der Waals surface area contributed by atoms with Crippen LogP contribution in [0.1, 0.15) is 33.6 Å². The number of allylic oxidation sites excluding steroid dienone is 3. The van der Waals surface area contributed by atoms with Gasteiger partial charge in [-0.2, -0.15) is 5.26 Å². The number of carbonyl (C=O) groups is 1. The van der Waals surface area contributed by atoms with Crippen LogP contribution in [0.25, 0.3) is 0 Å². The van der Waals surface area contributed by atoms with E-state index in [0.717, 1.165) is 12.1 Å².